The van der Waals surface area contributed by atoms with E-state index in [2.05, 4.69) is 10.3 Å². The van der Waals surface area contributed by atoms with Gasteiger partial charge in [-0.25, -0.2) is 4.98 Å². The van der Waals surface area contributed by atoms with Gasteiger partial charge in [0.1, 0.15) is 11.8 Å². The molecule has 0 spiro atoms. The number of benzene rings is 1. The van der Waals surface area contributed by atoms with Crippen LogP contribution in [0.2, 0.25) is 0 Å². The molecule has 1 atom stereocenters. The van der Waals surface area contributed by atoms with Gasteiger partial charge in [-0.2, -0.15) is 0 Å². The molecule has 19 heavy (non-hydrogen) atoms. The van der Waals surface area contributed by atoms with E-state index >= 15 is 0 Å². The lowest BCUT2D eigenvalue weighted by Crippen LogP contribution is -2.23. The highest BCUT2D eigenvalue weighted by Crippen LogP contribution is 2.24. The fourth-order valence-electron chi connectivity index (χ4n) is 1.65. The quantitative estimate of drug-likeness (QED) is 0.819. The average molecular weight is 260 g/mol. The Morgan fingerprint density at radius 3 is 2.89 bits per heavy atom. The highest BCUT2D eigenvalue weighted by atomic mass is 16.5. The molecule has 0 bridgehead atoms. The minimum Gasteiger partial charge on any atom is -0.497 e. The van der Waals surface area contributed by atoms with Crippen molar-refractivity contribution in [3.8, 4) is 5.75 Å². The van der Waals surface area contributed by atoms with Crippen molar-refractivity contribution in [2.24, 2.45) is 0 Å². The van der Waals surface area contributed by atoms with Crippen LogP contribution in [0.1, 0.15) is 13.0 Å². The summed E-state index contributed by atoms with van der Waals surface area (Å²) in [6, 6.07) is 4.77. The summed E-state index contributed by atoms with van der Waals surface area (Å²) in [5.41, 5.74) is 6.88. The third-order valence-corrected chi connectivity index (χ3v) is 2.87. The number of imidazole rings is 1. The maximum absolute atomic E-state index is 12.1. The van der Waals surface area contributed by atoms with Gasteiger partial charge in [-0.15, -0.1) is 0 Å². The summed E-state index contributed by atoms with van der Waals surface area (Å²) < 4.78 is 6.77. The van der Waals surface area contributed by atoms with Gasteiger partial charge in [0.2, 0.25) is 5.91 Å². The van der Waals surface area contributed by atoms with Crippen LogP contribution in [0.4, 0.5) is 11.4 Å². The lowest BCUT2D eigenvalue weighted by Gasteiger charge is -2.15. The Bertz CT molecular complexity index is 566. The highest BCUT2D eigenvalue weighted by Gasteiger charge is 2.15. The zero-order valence-electron chi connectivity index (χ0n) is 10.8. The largest absolute Gasteiger partial charge is 0.497 e. The number of aromatic nitrogens is 2. The van der Waals surface area contributed by atoms with Crippen molar-refractivity contribution in [3.63, 3.8) is 0 Å². The smallest absolute Gasteiger partial charge is 0.247 e. The Kier molecular flexibility index (Phi) is 3.70. The van der Waals surface area contributed by atoms with E-state index in [1.807, 2.05) is 0 Å². The maximum atomic E-state index is 12.1. The normalized spacial score (nSPS) is 11.9. The summed E-state index contributed by atoms with van der Waals surface area (Å²) in [5.74, 6) is 0.494. The summed E-state index contributed by atoms with van der Waals surface area (Å²) in [5, 5.41) is 2.78. The predicted molar refractivity (Wildman–Crippen MR) is 73.0 cm³/mol. The molecule has 2 rings (SSSR count). The molecule has 1 unspecified atom stereocenters. The molecule has 6 nitrogen and oxygen atoms in total. The van der Waals surface area contributed by atoms with Gasteiger partial charge in [0.25, 0.3) is 0 Å². The molecule has 0 saturated heterocycles. The Morgan fingerprint density at radius 2 is 2.32 bits per heavy atom. The Hall–Kier alpha value is -2.50. The van der Waals surface area contributed by atoms with E-state index in [1.165, 1.54) is 0 Å². The molecular weight excluding hydrogens is 244 g/mol. The number of anilines is 2. The van der Waals surface area contributed by atoms with Crippen LogP contribution in [0.5, 0.6) is 5.75 Å². The van der Waals surface area contributed by atoms with Crippen molar-refractivity contribution in [1.82, 2.24) is 9.55 Å². The third-order valence-electron chi connectivity index (χ3n) is 2.87. The Balaban J connectivity index is 2.11. The zero-order valence-corrected chi connectivity index (χ0v) is 10.8. The number of amides is 1. The first-order valence-electron chi connectivity index (χ1n) is 5.83. The van der Waals surface area contributed by atoms with E-state index in [0.29, 0.717) is 17.1 Å². The molecule has 1 aromatic heterocycles. The first-order valence-corrected chi connectivity index (χ1v) is 5.83. The second-order valence-corrected chi connectivity index (χ2v) is 4.13. The van der Waals surface area contributed by atoms with Gasteiger partial charge >= 0.3 is 0 Å². The highest BCUT2D eigenvalue weighted by molar-refractivity contribution is 5.96. The number of nitrogens with zero attached hydrogens (tertiary/aromatic N) is 2. The molecular formula is C13H16N4O2. The molecule has 2 aromatic rings. The molecule has 0 fully saturated rings. The monoisotopic (exact) mass is 260 g/mol. The van der Waals surface area contributed by atoms with Crippen molar-refractivity contribution in [1.29, 1.82) is 0 Å². The summed E-state index contributed by atoms with van der Waals surface area (Å²) in [4.78, 5) is 16.0. The number of nitrogens with one attached hydrogen (secondary N) is 1. The maximum Gasteiger partial charge on any atom is 0.247 e. The minimum absolute atomic E-state index is 0.158. The number of ether oxygens (including phenoxy) is 1. The first-order chi connectivity index (χ1) is 9.11. The minimum atomic E-state index is -0.357. The van der Waals surface area contributed by atoms with E-state index in [0.717, 1.165) is 0 Å². The van der Waals surface area contributed by atoms with Gasteiger partial charge in [0.05, 0.1) is 24.8 Å². The van der Waals surface area contributed by atoms with E-state index in [-0.39, 0.29) is 11.9 Å². The molecule has 100 valence electrons. The molecule has 1 heterocycles. The van der Waals surface area contributed by atoms with Gasteiger partial charge in [-0.1, -0.05) is 0 Å². The van der Waals surface area contributed by atoms with E-state index in [1.54, 1.807) is 55.5 Å². The number of hydrogen-bond donors (Lipinski definition) is 2. The topological polar surface area (TPSA) is 82.2 Å². The lowest BCUT2D eigenvalue weighted by molar-refractivity contribution is -0.118. The van der Waals surface area contributed by atoms with Crippen LogP contribution < -0.4 is 15.8 Å². The molecule has 0 aliphatic rings. The lowest BCUT2D eigenvalue weighted by atomic mass is 10.2. The number of nitrogen functional groups attached to an aromatic ring is 1. The molecule has 0 saturated carbocycles. The van der Waals surface area contributed by atoms with Gasteiger partial charge in [-0.05, 0) is 19.1 Å². The van der Waals surface area contributed by atoms with Crippen molar-refractivity contribution < 1.29 is 9.53 Å². The molecule has 3 N–H and O–H groups in total. The van der Waals surface area contributed by atoms with Gasteiger partial charge in [0.15, 0.2) is 0 Å². The summed E-state index contributed by atoms with van der Waals surface area (Å²) in [6.45, 7) is 1.79. The van der Waals surface area contributed by atoms with Crippen molar-refractivity contribution in [2.45, 2.75) is 13.0 Å². The number of carbonyl (C=O) groups is 1. The SMILES string of the molecule is COc1ccc(NC(=O)C(C)n2ccnc2)c(N)c1. The fourth-order valence-corrected chi connectivity index (χ4v) is 1.65. The van der Waals surface area contributed by atoms with Crippen molar-refractivity contribution >= 4 is 17.3 Å². The summed E-state index contributed by atoms with van der Waals surface area (Å²) >= 11 is 0. The summed E-state index contributed by atoms with van der Waals surface area (Å²) in [6.07, 6.45) is 4.97. The number of rotatable bonds is 4. The van der Waals surface area contributed by atoms with Crippen molar-refractivity contribution in [2.75, 3.05) is 18.2 Å². The molecule has 0 aliphatic carbocycles. The standard InChI is InChI=1S/C13H16N4O2/c1-9(17-6-5-15-8-17)13(18)16-12-4-3-10(19-2)7-11(12)14/h3-9H,14H2,1-2H3,(H,16,18). The summed E-state index contributed by atoms with van der Waals surface area (Å²) in [7, 11) is 1.56. The Labute approximate surface area is 111 Å². The molecule has 0 radical (unpaired) electrons. The van der Waals surface area contributed by atoms with Crippen LogP contribution in [-0.2, 0) is 4.79 Å². The number of methoxy groups -OCH3 is 1. The Morgan fingerprint density at radius 1 is 1.53 bits per heavy atom. The van der Waals surface area contributed by atoms with Crippen LogP contribution in [0.15, 0.2) is 36.9 Å². The average Bonchev–Trinajstić information content (AvgIpc) is 2.94. The van der Waals surface area contributed by atoms with Crippen LogP contribution >= 0.6 is 0 Å². The van der Waals surface area contributed by atoms with Gasteiger partial charge in [-0.3, -0.25) is 4.79 Å². The molecule has 1 amide bonds. The molecule has 0 aliphatic heterocycles. The predicted octanol–water partition coefficient (Wildman–Crippen LogP) is 1.67. The van der Waals surface area contributed by atoms with Crippen LogP contribution in [-0.4, -0.2) is 22.6 Å². The molecule has 1 aromatic carbocycles. The first kappa shape index (κ1) is 12.9. The molecule has 6 heteroatoms. The van der Waals surface area contributed by atoms with Crippen molar-refractivity contribution in [3.05, 3.63) is 36.9 Å². The number of hydrogen-bond acceptors (Lipinski definition) is 4. The number of carbonyl (C=O) groups excluding carboxylic acids is 1. The fraction of sp³-hybridized carbons (Fsp3) is 0.231. The van der Waals surface area contributed by atoms with E-state index < -0.39 is 0 Å². The van der Waals surface area contributed by atoms with E-state index in [4.69, 9.17) is 10.5 Å². The second-order valence-electron chi connectivity index (χ2n) is 4.13. The second kappa shape index (κ2) is 5.43. The zero-order chi connectivity index (χ0) is 13.8. The number of nitrogens with two attached hydrogens (primary N) is 1. The van der Waals surface area contributed by atoms with Crippen LogP contribution in [0.25, 0.3) is 0 Å². The third kappa shape index (κ3) is 2.85. The van der Waals surface area contributed by atoms with E-state index in [9.17, 15) is 4.79 Å². The van der Waals surface area contributed by atoms with Crippen LogP contribution in [0, 0.1) is 0 Å². The van der Waals surface area contributed by atoms with Gasteiger partial charge in [0, 0.05) is 18.5 Å². The van der Waals surface area contributed by atoms with Crippen LogP contribution in [0.3, 0.4) is 0 Å². The van der Waals surface area contributed by atoms with Gasteiger partial charge < -0.3 is 20.4 Å².